The molecule has 0 unspecified atom stereocenters. The number of hydrogen-bond donors (Lipinski definition) is 2. The molecular formula is C11H15NO3. The van der Waals surface area contributed by atoms with E-state index >= 15 is 0 Å². The number of hydrogen-bond acceptors (Lipinski definition) is 4. The predicted octanol–water partition coefficient (Wildman–Crippen LogP) is 0.439. The van der Waals surface area contributed by atoms with Gasteiger partial charge in [-0.15, -0.1) is 0 Å². The Morgan fingerprint density at radius 3 is 2.67 bits per heavy atom. The van der Waals surface area contributed by atoms with Crippen LogP contribution in [0, 0.1) is 0 Å². The molecule has 0 saturated carbocycles. The van der Waals surface area contributed by atoms with Gasteiger partial charge in [0.05, 0.1) is 13.0 Å². The Morgan fingerprint density at radius 2 is 2.07 bits per heavy atom. The van der Waals surface area contributed by atoms with Gasteiger partial charge in [-0.25, -0.2) is 0 Å². The van der Waals surface area contributed by atoms with E-state index in [1.165, 1.54) is 0 Å². The largest absolute Gasteiger partial charge is 0.461 e. The van der Waals surface area contributed by atoms with Crippen molar-refractivity contribution in [1.29, 1.82) is 0 Å². The standard InChI is InChI=1S/C11H15NO3/c12-10(7-13)6-11(14)15-8-9-4-2-1-3-5-9/h1-5,10,13H,6-8,12H2/t10-/m1/s1. The number of aliphatic hydroxyl groups excluding tert-OH is 1. The summed E-state index contributed by atoms with van der Waals surface area (Å²) in [6, 6.07) is 8.87. The molecule has 1 rings (SSSR count). The lowest BCUT2D eigenvalue weighted by Crippen LogP contribution is -2.28. The van der Waals surface area contributed by atoms with E-state index < -0.39 is 6.04 Å². The van der Waals surface area contributed by atoms with Crippen LogP contribution in [0.1, 0.15) is 12.0 Å². The first-order valence-corrected chi connectivity index (χ1v) is 4.78. The molecule has 0 heterocycles. The van der Waals surface area contributed by atoms with Crippen LogP contribution in [0.15, 0.2) is 30.3 Å². The molecule has 4 nitrogen and oxygen atoms in total. The van der Waals surface area contributed by atoms with E-state index in [-0.39, 0.29) is 25.6 Å². The summed E-state index contributed by atoms with van der Waals surface area (Å²) in [5.74, 6) is -0.389. The maximum atomic E-state index is 11.2. The van der Waals surface area contributed by atoms with E-state index in [1.807, 2.05) is 30.3 Å². The van der Waals surface area contributed by atoms with E-state index in [4.69, 9.17) is 15.6 Å². The summed E-state index contributed by atoms with van der Waals surface area (Å²) in [5.41, 5.74) is 6.33. The van der Waals surface area contributed by atoms with E-state index in [9.17, 15) is 4.79 Å². The van der Waals surface area contributed by atoms with Crippen molar-refractivity contribution in [3.05, 3.63) is 35.9 Å². The molecule has 0 saturated heterocycles. The number of esters is 1. The van der Waals surface area contributed by atoms with Crippen LogP contribution in [0.2, 0.25) is 0 Å². The monoisotopic (exact) mass is 209 g/mol. The Balaban J connectivity index is 2.29. The molecule has 0 spiro atoms. The van der Waals surface area contributed by atoms with Gasteiger partial charge in [0.2, 0.25) is 0 Å². The number of rotatable bonds is 5. The second-order valence-electron chi connectivity index (χ2n) is 3.29. The number of benzene rings is 1. The van der Waals surface area contributed by atoms with Crippen LogP contribution in [0.4, 0.5) is 0 Å². The molecule has 3 N–H and O–H groups in total. The minimum absolute atomic E-state index is 0.0450. The topological polar surface area (TPSA) is 72.5 Å². The normalized spacial score (nSPS) is 12.1. The summed E-state index contributed by atoms with van der Waals surface area (Å²) in [5, 5.41) is 8.64. The Morgan fingerprint density at radius 1 is 1.40 bits per heavy atom. The third-order valence-corrected chi connectivity index (χ3v) is 1.91. The molecule has 1 aromatic carbocycles. The van der Waals surface area contributed by atoms with Gasteiger partial charge in [0.1, 0.15) is 6.61 Å². The van der Waals surface area contributed by atoms with Crippen molar-refractivity contribution < 1.29 is 14.6 Å². The van der Waals surface area contributed by atoms with Gasteiger partial charge in [0.15, 0.2) is 0 Å². The second-order valence-corrected chi connectivity index (χ2v) is 3.29. The summed E-state index contributed by atoms with van der Waals surface area (Å²) in [6.07, 6.45) is 0.0450. The second kappa shape index (κ2) is 6.16. The average molecular weight is 209 g/mol. The minimum Gasteiger partial charge on any atom is -0.461 e. The highest BCUT2D eigenvalue weighted by atomic mass is 16.5. The lowest BCUT2D eigenvalue weighted by molar-refractivity contribution is -0.145. The van der Waals surface area contributed by atoms with Gasteiger partial charge in [-0.05, 0) is 5.56 Å². The van der Waals surface area contributed by atoms with Crippen LogP contribution >= 0.6 is 0 Å². The zero-order valence-electron chi connectivity index (χ0n) is 8.43. The number of aliphatic hydroxyl groups is 1. The number of nitrogens with two attached hydrogens (primary N) is 1. The summed E-state index contributed by atoms with van der Waals surface area (Å²) in [7, 11) is 0. The fourth-order valence-electron chi connectivity index (χ4n) is 1.08. The summed E-state index contributed by atoms with van der Waals surface area (Å²) in [6.45, 7) is 0.0399. The molecule has 0 aromatic heterocycles. The number of carbonyl (C=O) groups excluding carboxylic acids is 1. The first-order valence-electron chi connectivity index (χ1n) is 4.78. The third-order valence-electron chi connectivity index (χ3n) is 1.91. The highest BCUT2D eigenvalue weighted by Gasteiger charge is 2.09. The quantitative estimate of drug-likeness (QED) is 0.690. The van der Waals surface area contributed by atoms with Crippen LogP contribution in [-0.2, 0) is 16.1 Å². The molecule has 0 bridgehead atoms. The molecule has 0 aliphatic heterocycles. The molecule has 4 heteroatoms. The molecule has 0 radical (unpaired) electrons. The van der Waals surface area contributed by atoms with Crippen molar-refractivity contribution in [3.63, 3.8) is 0 Å². The number of ether oxygens (including phenoxy) is 1. The number of carbonyl (C=O) groups is 1. The van der Waals surface area contributed by atoms with Crippen LogP contribution in [0.5, 0.6) is 0 Å². The van der Waals surface area contributed by atoms with E-state index in [0.717, 1.165) is 5.56 Å². The Hall–Kier alpha value is -1.39. The molecule has 0 amide bonds. The van der Waals surface area contributed by atoms with Crippen molar-refractivity contribution in [2.24, 2.45) is 5.73 Å². The van der Waals surface area contributed by atoms with E-state index in [1.54, 1.807) is 0 Å². The van der Waals surface area contributed by atoms with Crippen molar-refractivity contribution in [2.45, 2.75) is 19.1 Å². The van der Waals surface area contributed by atoms with E-state index in [0.29, 0.717) is 0 Å². The minimum atomic E-state index is -0.534. The van der Waals surface area contributed by atoms with Gasteiger partial charge >= 0.3 is 5.97 Å². The molecule has 0 aliphatic rings. The summed E-state index contributed by atoms with van der Waals surface area (Å²) in [4.78, 5) is 11.2. The first kappa shape index (κ1) is 11.7. The third kappa shape index (κ3) is 4.58. The molecule has 1 atom stereocenters. The van der Waals surface area contributed by atoms with E-state index in [2.05, 4.69) is 0 Å². The smallest absolute Gasteiger partial charge is 0.307 e. The summed E-state index contributed by atoms with van der Waals surface area (Å²) < 4.78 is 4.97. The fourth-order valence-corrected chi connectivity index (χ4v) is 1.08. The molecule has 0 fully saturated rings. The Kier molecular flexibility index (Phi) is 4.80. The van der Waals surface area contributed by atoms with Crippen LogP contribution in [0.25, 0.3) is 0 Å². The van der Waals surface area contributed by atoms with Gasteiger partial charge < -0.3 is 15.6 Å². The zero-order chi connectivity index (χ0) is 11.1. The molecule has 15 heavy (non-hydrogen) atoms. The van der Waals surface area contributed by atoms with Crippen LogP contribution in [-0.4, -0.2) is 23.7 Å². The van der Waals surface area contributed by atoms with Gasteiger partial charge in [-0.3, -0.25) is 4.79 Å². The molecule has 82 valence electrons. The van der Waals surface area contributed by atoms with Crippen LogP contribution < -0.4 is 5.73 Å². The highest BCUT2D eigenvalue weighted by Crippen LogP contribution is 2.02. The van der Waals surface area contributed by atoms with Gasteiger partial charge in [0, 0.05) is 6.04 Å². The van der Waals surface area contributed by atoms with Gasteiger partial charge in [0.25, 0.3) is 0 Å². The predicted molar refractivity (Wildman–Crippen MR) is 55.9 cm³/mol. The average Bonchev–Trinajstić information content (AvgIpc) is 2.27. The first-order chi connectivity index (χ1) is 7.22. The highest BCUT2D eigenvalue weighted by molar-refractivity contribution is 5.70. The maximum Gasteiger partial charge on any atom is 0.307 e. The summed E-state index contributed by atoms with van der Waals surface area (Å²) >= 11 is 0. The van der Waals surface area contributed by atoms with Crippen molar-refractivity contribution in [2.75, 3.05) is 6.61 Å². The lowest BCUT2D eigenvalue weighted by atomic mass is 10.2. The van der Waals surface area contributed by atoms with Crippen molar-refractivity contribution in [3.8, 4) is 0 Å². The maximum absolute atomic E-state index is 11.2. The van der Waals surface area contributed by atoms with Gasteiger partial charge in [-0.1, -0.05) is 30.3 Å². The van der Waals surface area contributed by atoms with Crippen molar-refractivity contribution in [1.82, 2.24) is 0 Å². The Bertz CT molecular complexity index is 300. The molecular weight excluding hydrogens is 194 g/mol. The molecule has 1 aromatic rings. The molecule has 0 aliphatic carbocycles. The Labute approximate surface area is 88.7 Å². The SMILES string of the molecule is N[C@@H](CO)CC(=O)OCc1ccccc1. The van der Waals surface area contributed by atoms with Crippen LogP contribution in [0.3, 0.4) is 0 Å². The fraction of sp³-hybridized carbons (Fsp3) is 0.364. The lowest BCUT2D eigenvalue weighted by Gasteiger charge is -2.08. The van der Waals surface area contributed by atoms with Gasteiger partial charge in [-0.2, -0.15) is 0 Å². The zero-order valence-corrected chi connectivity index (χ0v) is 8.43. The van der Waals surface area contributed by atoms with Crippen molar-refractivity contribution >= 4 is 5.97 Å².